The summed E-state index contributed by atoms with van der Waals surface area (Å²) in [6.45, 7) is 6.00. The fraction of sp³-hybridized carbons (Fsp3) is 0.556. The third kappa shape index (κ3) is 8.24. The van der Waals surface area contributed by atoms with Crippen LogP contribution < -0.4 is 5.32 Å². The largest absolute Gasteiger partial charge is 0.444 e. The van der Waals surface area contributed by atoms with Gasteiger partial charge in [0, 0.05) is 19.6 Å². The summed E-state index contributed by atoms with van der Waals surface area (Å²) in [7, 11) is 3.72. The summed E-state index contributed by atoms with van der Waals surface area (Å²) in [5.74, 6) is -2.25. The van der Waals surface area contributed by atoms with E-state index < -0.39 is 23.3 Å². The van der Waals surface area contributed by atoms with Gasteiger partial charge in [-0.3, -0.25) is 4.79 Å². The Morgan fingerprint density at radius 3 is 2.31 bits per heavy atom. The van der Waals surface area contributed by atoms with Gasteiger partial charge in [0.05, 0.1) is 0 Å². The van der Waals surface area contributed by atoms with E-state index in [0.29, 0.717) is 18.7 Å². The zero-order valence-electron chi connectivity index (χ0n) is 15.9. The van der Waals surface area contributed by atoms with Crippen molar-refractivity contribution in [2.45, 2.75) is 32.9 Å². The van der Waals surface area contributed by atoms with Gasteiger partial charge in [-0.1, -0.05) is 6.07 Å². The summed E-state index contributed by atoms with van der Waals surface area (Å²) in [5.41, 5.74) is -0.197. The number of nitrogens with one attached hydrogen (secondary N) is 1. The van der Waals surface area contributed by atoms with Gasteiger partial charge in [-0.25, -0.2) is 13.6 Å². The highest BCUT2D eigenvalue weighted by Crippen LogP contribution is 2.11. The molecule has 0 bridgehead atoms. The van der Waals surface area contributed by atoms with Crippen LogP contribution in [0.5, 0.6) is 0 Å². The molecule has 0 aliphatic heterocycles. The van der Waals surface area contributed by atoms with E-state index in [4.69, 9.17) is 4.74 Å². The Hall–Kier alpha value is -2.22. The molecular weight excluding hydrogens is 344 g/mol. The molecule has 26 heavy (non-hydrogen) atoms. The van der Waals surface area contributed by atoms with E-state index in [9.17, 15) is 18.4 Å². The smallest absolute Gasteiger partial charge is 0.408 e. The predicted molar refractivity (Wildman–Crippen MR) is 94.6 cm³/mol. The molecule has 0 aromatic heterocycles. The Labute approximate surface area is 153 Å². The van der Waals surface area contributed by atoms with Crippen LogP contribution in [0.15, 0.2) is 18.2 Å². The maximum atomic E-state index is 13.4. The maximum Gasteiger partial charge on any atom is 0.408 e. The molecule has 0 heterocycles. The second kappa shape index (κ2) is 9.47. The molecule has 0 saturated heterocycles. The Balaban J connectivity index is 2.73. The van der Waals surface area contributed by atoms with Crippen LogP contribution in [-0.4, -0.2) is 61.1 Å². The topological polar surface area (TPSA) is 61.9 Å². The molecule has 0 saturated carbocycles. The highest BCUT2D eigenvalue weighted by atomic mass is 19.2. The number of hydrogen-bond donors (Lipinski definition) is 1. The molecule has 0 unspecified atom stereocenters. The second-order valence-electron chi connectivity index (χ2n) is 7.22. The van der Waals surface area contributed by atoms with Gasteiger partial charge in [-0.2, -0.15) is 0 Å². The SMILES string of the molecule is CN(C)CCN(Cc1ccc(F)c(F)c1)C(=O)CNC(=O)OC(C)(C)C. The van der Waals surface area contributed by atoms with Crippen LogP contribution in [0.1, 0.15) is 26.3 Å². The Kier molecular flexibility index (Phi) is 7.95. The number of carbonyl (C=O) groups excluding carboxylic acids is 2. The van der Waals surface area contributed by atoms with Crippen LogP contribution in [0.2, 0.25) is 0 Å². The zero-order valence-corrected chi connectivity index (χ0v) is 15.9. The van der Waals surface area contributed by atoms with E-state index in [1.807, 2.05) is 19.0 Å². The molecule has 146 valence electrons. The van der Waals surface area contributed by atoms with Crippen molar-refractivity contribution < 1.29 is 23.1 Å². The first kappa shape index (κ1) is 21.8. The second-order valence-corrected chi connectivity index (χ2v) is 7.22. The molecule has 0 spiro atoms. The molecular formula is C18H27F2N3O3. The minimum absolute atomic E-state index is 0.111. The summed E-state index contributed by atoms with van der Waals surface area (Å²) >= 11 is 0. The van der Waals surface area contributed by atoms with Crippen molar-refractivity contribution in [3.63, 3.8) is 0 Å². The van der Waals surface area contributed by atoms with E-state index >= 15 is 0 Å². The number of nitrogens with zero attached hydrogens (tertiary/aromatic N) is 2. The van der Waals surface area contributed by atoms with Crippen molar-refractivity contribution in [1.29, 1.82) is 0 Å². The Morgan fingerprint density at radius 1 is 1.12 bits per heavy atom. The van der Waals surface area contributed by atoms with E-state index in [0.717, 1.165) is 12.1 Å². The molecule has 0 aliphatic carbocycles. The molecule has 1 aromatic rings. The summed E-state index contributed by atoms with van der Waals surface area (Å²) in [6, 6.07) is 3.51. The number of carbonyl (C=O) groups is 2. The van der Waals surface area contributed by atoms with Crippen LogP contribution >= 0.6 is 0 Å². The van der Waals surface area contributed by atoms with Gasteiger partial charge in [-0.05, 0) is 52.6 Å². The Morgan fingerprint density at radius 2 is 1.77 bits per heavy atom. The zero-order chi connectivity index (χ0) is 19.9. The van der Waals surface area contributed by atoms with Gasteiger partial charge in [0.2, 0.25) is 5.91 Å². The molecule has 2 amide bonds. The normalized spacial score (nSPS) is 11.4. The molecule has 1 rings (SSSR count). The lowest BCUT2D eigenvalue weighted by Gasteiger charge is -2.25. The first-order chi connectivity index (χ1) is 12.0. The van der Waals surface area contributed by atoms with Gasteiger partial charge in [0.15, 0.2) is 11.6 Å². The van der Waals surface area contributed by atoms with Crippen molar-refractivity contribution in [3.05, 3.63) is 35.4 Å². The molecule has 0 radical (unpaired) electrons. The maximum absolute atomic E-state index is 13.4. The van der Waals surface area contributed by atoms with Crippen molar-refractivity contribution >= 4 is 12.0 Å². The fourth-order valence-electron chi connectivity index (χ4n) is 2.04. The predicted octanol–water partition coefficient (Wildman–Crippen LogP) is 2.38. The minimum atomic E-state index is -0.964. The van der Waals surface area contributed by atoms with Crippen molar-refractivity contribution in [2.24, 2.45) is 0 Å². The molecule has 0 aliphatic rings. The number of rotatable bonds is 7. The highest BCUT2D eigenvalue weighted by molar-refractivity contribution is 5.82. The molecule has 6 nitrogen and oxygen atoms in total. The van der Waals surface area contributed by atoms with E-state index in [1.165, 1.54) is 11.0 Å². The fourth-order valence-corrected chi connectivity index (χ4v) is 2.04. The van der Waals surface area contributed by atoms with E-state index in [1.54, 1.807) is 20.8 Å². The number of alkyl carbamates (subject to hydrolysis) is 1. The van der Waals surface area contributed by atoms with E-state index in [2.05, 4.69) is 5.32 Å². The average Bonchev–Trinajstić information content (AvgIpc) is 2.50. The number of hydrogen-bond acceptors (Lipinski definition) is 4. The number of benzene rings is 1. The van der Waals surface area contributed by atoms with E-state index in [-0.39, 0.29) is 19.0 Å². The quantitative estimate of drug-likeness (QED) is 0.799. The van der Waals surface area contributed by atoms with Crippen molar-refractivity contribution in [3.8, 4) is 0 Å². The van der Waals surface area contributed by atoms with Gasteiger partial charge < -0.3 is 19.9 Å². The first-order valence-corrected chi connectivity index (χ1v) is 8.31. The lowest BCUT2D eigenvalue weighted by Crippen LogP contribution is -2.43. The molecule has 0 atom stereocenters. The lowest BCUT2D eigenvalue weighted by molar-refractivity contribution is -0.131. The summed E-state index contributed by atoms with van der Waals surface area (Å²) in [5, 5.41) is 2.41. The monoisotopic (exact) mass is 371 g/mol. The molecule has 1 aromatic carbocycles. The molecule has 8 heteroatoms. The van der Waals surface area contributed by atoms with Crippen LogP contribution in [0.4, 0.5) is 13.6 Å². The van der Waals surface area contributed by atoms with Crippen molar-refractivity contribution in [1.82, 2.24) is 15.1 Å². The number of likely N-dealkylation sites (N-methyl/N-ethyl adjacent to an activating group) is 1. The van der Waals surface area contributed by atoms with Gasteiger partial charge >= 0.3 is 6.09 Å². The van der Waals surface area contributed by atoms with Crippen LogP contribution in [0.25, 0.3) is 0 Å². The standard InChI is InChI=1S/C18H27F2N3O3/c1-18(2,3)26-17(25)21-11-16(24)23(9-8-22(4)5)12-13-6-7-14(19)15(20)10-13/h6-7,10H,8-9,11-12H2,1-5H3,(H,21,25). The minimum Gasteiger partial charge on any atom is -0.444 e. The molecule has 1 N–H and O–H groups in total. The highest BCUT2D eigenvalue weighted by Gasteiger charge is 2.19. The van der Waals surface area contributed by atoms with Gasteiger partial charge in [0.1, 0.15) is 12.1 Å². The first-order valence-electron chi connectivity index (χ1n) is 8.31. The third-order valence-corrected chi connectivity index (χ3v) is 3.31. The molecule has 0 fully saturated rings. The third-order valence-electron chi connectivity index (χ3n) is 3.31. The average molecular weight is 371 g/mol. The summed E-state index contributed by atoms with van der Waals surface area (Å²) in [6.07, 6.45) is -0.689. The Bertz CT molecular complexity index is 631. The van der Waals surface area contributed by atoms with Crippen LogP contribution in [0.3, 0.4) is 0 Å². The summed E-state index contributed by atoms with van der Waals surface area (Å²) in [4.78, 5) is 27.5. The van der Waals surface area contributed by atoms with Crippen molar-refractivity contribution in [2.75, 3.05) is 33.7 Å². The van der Waals surface area contributed by atoms with Gasteiger partial charge in [-0.15, -0.1) is 0 Å². The lowest BCUT2D eigenvalue weighted by atomic mass is 10.2. The van der Waals surface area contributed by atoms with Gasteiger partial charge in [0.25, 0.3) is 0 Å². The van der Waals surface area contributed by atoms with Crippen LogP contribution in [-0.2, 0) is 16.1 Å². The summed E-state index contributed by atoms with van der Waals surface area (Å²) < 4.78 is 31.6. The number of ether oxygens (including phenoxy) is 1. The number of halogens is 2. The van der Waals surface area contributed by atoms with Crippen LogP contribution in [0, 0.1) is 11.6 Å². The number of amides is 2.